The van der Waals surface area contributed by atoms with Crippen molar-refractivity contribution in [2.24, 2.45) is 0 Å². The average molecular weight is 478 g/mol. The number of aryl methyl sites for hydroxylation is 1. The summed E-state index contributed by atoms with van der Waals surface area (Å²) in [5.41, 5.74) is 2.20. The molecule has 0 aliphatic carbocycles. The Labute approximate surface area is 197 Å². The van der Waals surface area contributed by atoms with Crippen molar-refractivity contribution in [1.82, 2.24) is 10.6 Å². The van der Waals surface area contributed by atoms with Crippen LogP contribution in [0.25, 0.3) is 0 Å². The minimum Gasteiger partial charge on any atom is -0.383 e. The standard InChI is InChI=1S/C23H28ClN3O4S/c1-15-5-4-6-16(13-15)21(28)27-20(9-12-32-3)23(30)26-17-7-8-18(19(24)14-17)22(29)25-10-11-31-2/h4-8,13-14,20H,9-12H2,1-3H3,(H,25,29)(H,26,30)(H,27,28). The van der Waals surface area contributed by atoms with Gasteiger partial charge in [-0.2, -0.15) is 11.8 Å². The van der Waals surface area contributed by atoms with E-state index in [1.54, 1.807) is 49.2 Å². The van der Waals surface area contributed by atoms with Crippen LogP contribution in [-0.4, -0.2) is 56.0 Å². The highest BCUT2D eigenvalue weighted by molar-refractivity contribution is 7.98. The van der Waals surface area contributed by atoms with Crippen LogP contribution in [0.3, 0.4) is 0 Å². The summed E-state index contributed by atoms with van der Waals surface area (Å²) in [6, 6.07) is 11.1. The monoisotopic (exact) mass is 477 g/mol. The van der Waals surface area contributed by atoms with Gasteiger partial charge in [-0.25, -0.2) is 0 Å². The lowest BCUT2D eigenvalue weighted by molar-refractivity contribution is -0.118. The predicted octanol–water partition coefficient (Wildman–Crippen LogP) is 3.51. The Morgan fingerprint density at radius 1 is 1.12 bits per heavy atom. The fourth-order valence-electron chi connectivity index (χ4n) is 2.90. The summed E-state index contributed by atoms with van der Waals surface area (Å²) < 4.78 is 4.91. The third-order valence-corrected chi connectivity index (χ3v) is 5.54. The van der Waals surface area contributed by atoms with E-state index >= 15 is 0 Å². The molecule has 0 aliphatic heterocycles. The summed E-state index contributed by atoms with van der Waals surface area (Å²) in [5, 5.41) is 8.50. The first-order valence-corrected chi connectivity index (χ1v) is 11.9. The van der Waals surface area contributed by atoms with Crippen LogP contribution in [0.15, 0.2) is 42.5 Å². The number of nitrogens with one attached hydrogen (secondary N) is 3. The number of amides is 3. The molecule has 9 heteroatoms. The maximum atomic E-state index is 12.9. The number of hydrogen-bond donors (Lipinski definition) is 3. The van der Waals surface area contributed by atoms with E-state index in [4.69, 9.17) is 16.3 Å². The lowest BCUT2D eigenvalue weighted by Crippen LogP contribution is -2.44. The second-order valence-electron chi connectivity index (χ2n) is 7.11. The van der Waals surface area contributed by atoms with E-state index in [1.165, 1.54) is 6.07 Å². The van der Waals surface area contributed by atoms with E-state index in [-0.39, 0.29) is 22.7 Å². The Kier molecular flexibility index (Phi) is 10.5. The zero-order valence-corrected chi connectivity index (χ0v) is 19.9. The number of carbonyl (C=O) groups is 3. The Morgan fingerprint density at radius 3 is 2.56 bits per heavy atom. The first-order chi connectivity index (χ1) is 15.3. The van der Waals surface area contributed by atoms with Gasteiger partial charge in [0.05, 0.1) is 17.2 Å². The molecule has 0 saturated carbocycles. The summed E-state index contributed by atoms with van der Waals surface area (Å²) in [5.74, 6) is -0.286. The first-order valence-electron chi connectivity index (χ1n) is 10.1. The van der Waals surface area contributed by atoms with Crippen LogP contribution < -0.4 is 16.0 Å². The van der Waals surface area contributed by atoms with Gasteiger partial charge in [0.25, 0.3) is 11.8 Å². The SMILES string of the molecule is COCCNC(=O)c1ccc(NC(=O)C(CCSC)NC(=O)c2cccc(C)c2)cc1Cl. The molecule has 0 saturated heterocycles. The van der Waals surface area contributed by atoms with Gasteiger partial charge >= 0.3 is 0 Å². The summed E-state index contributed by atoms with van der Waals surface area (Å²) in [7, 11) is 1.55. The van der Waals surface area contributed by atoms with Crippen molar-refractivity contribution >= 4 is 46.8 Å². The van der Waals surface area contributed by atoms with Crippen molar-refractivity contribution in [3.8, 4) is 0 Å². The molecule has 172 valence electrons. The van der Waals surface area contributed by atoms with Gasteiger partial charge in [-0.1, -0.05) is 29.3 Å². The molecule has 7 nitrogen and oxygen atoms in total. The fourth-order valence-corrected chi connectivity index (χ4v) is 3.64. The van der Waals surface area contributed by atoms with Crippen LogP contribution in [-0.2, 0) is 9.53 Å². The molecule has 3 N–H and O–H groups in total. The molecule has 0 bridgehead atoms. The van der Waals surface area contributed by atoms with Crippen molar-refractivity contribution in [3.05, 3.63) is 64.2 Å². The number of anilines is 1. The van der Waals surface area contributed by atoms with E-state index in [2.05, 4.69) is 16.0 Å². The molecule has 0 spiro atoms. The first kappa shape index (κ1) is 25.7. The van der Waals surface area contributed by atoms with Crippen LogP contribution >= 0.6 is 23.4 Å². The molecular weight excluding hydrogens is 450 g/mol. The van der Waals surface area contributed by atoms with E-state index < -0.39 is 6.04 Å². The smallest absolute Gasteiger partial charge is 0.252 e. The molecule has 0 fully saturated rings. The third-order valence-electron chi connectivity index (χ3n) is 4.59. The molecule has 1 atom stereocenters. The second-order valence-corrected chi connectivity index (χ2v) is 8.50. The zero-order valence-electron chi connectivity index (χ0n) is 18.4. The van der Waals surface area contributed by atoms with Crippen molar-refractivity contribution in [2.45, 2.75) is 19.4 Å². The number of hydrogen-bond acceptors (Lipinski definition) is 5. The van der Waals surface area contributed by atoms with Gasteiger partial charge in [0, 0.05) is 24.9 Å². The van der Waals surface area contributed by atoms with Gasteiger partial charge in [-0.15, -0.1) is 0 Å². The number of thioether (sulfide) groups is 1. The van der Waals surface area contributed by atoms with Gasteiger partial charge < -0.3 is 20.7 Å². The summed E-state index contributed by atoms with van der Waals surface area (Å²) in [6.07, 6.45) is 2.41. The van der Waals surface area contributed by atoms with Crippen molar-refractivity contribution in [3.63, 3.8) is 0 Å². The van der Waals surface area contributed by atoms with Crippen LogP contribution in [0.2, 0.25) is 5.02 Å². The number of halogens is 1. The van der Waals surface area contributed by atoms with Crippen LogP contribution in [0.1, 0.15) is 32.7 Å². The third kappa shape index (κ3) is 7.85. The maximum Gasteiger partial charge on any atom is 0.252 e. The Balaban J connectivity index is 2.07. The minimum absolute atomic E-state index is 0.210. The van der Waals surface area contributed by atoms with E-state index in [0.29, 0.717) is 42.1 Å². The second kappa shape index (κ2) is 13.1. The maximum absolute atomic E-state index is 12.9. The van der Waals surface area contributed by atoms with Crippen molar-refractivity contribution in [1.29, 1.82) is 0 Å². The Morgan fingerprint density at radius 2 is 1.91 bits per heavy atom. The summed E-state index contributed by atoms with van der Waals surface area (Å²) >= 11 is 7.84. The highest BCUT2D eigenvalue weighted by atomic mass is 35.5. The van der Waals surface area contributed by atoms with Gasteiger partial charge in [0.15, 0.2) is 0 Å². The van der Waals surface area contributed by atoms with Crippen molar-refractivity contribution < 1.29 is 19.1 Å². The molecular formula is C23H28ClN3O4S. The molecule has 0 aliphatic rings. The highest BCUT2D eigenvalue weighted by Gasteiger charge is 2.22. The van der Waals surface area contributed by atoms with Crippen LogP contribution in [0.4, 0.5) is 5.69 Å². The predicted molar refractivity (Wildman–Crippen MR) is 130 cm³/mol. The van der Waals surface area contributed by atoms with E-state index in [9.17, 15) is 14.4 Å². The largest absolute Gasteiger partial charge is 0.383 e. The molecule has 1 unspecified atom stereocenters. The quantitative estimate of drug-likeness (QED) is 0.430. The number of carbonyl (C=O) groups excluding carboxylic acids is 3. The lowest BCUT2D eigenvalue weighted by Gasteiger charge is -2.19. The Bertz CT molecular complexity index is 955. The fraction of sp³-hybridized carbons (Fsp3) is 0.348. The molecule has 3 amide bonds. The number of methoxy groups -OCH3 is 1. The number of rotatable bonds is 11. The van der Waals surface area contributed by atoms with Gasteiger partial charge in [-0.3, -0.25) is 14.4 Å². The summed E-state index contributed by atoms with van der Waals surface area (Å²) in [4.78, 5) is 37.7. The molecule has 0 heterocycles. The molecule has 2 rings (SSSR count). The molecule has 0 aromatic heterocycles. The van der Waals surface area contributed by atoms with Crippen LogP contribution in [0, 0.1) is 6.92 Å². The molecule has 2 aromatic rings. The normalized spacial score (nSPS) is 11.5. The number of ether oxygens (including phenoxy) is 1. The Hall–Kier alpha value is -2.55. The van der Waals surface area contributed by atoms with Crippen LogP contribution in [0.5, 0.6) is 0 Å². The molecule has 32 heavy (non-hydrogen) atoms. The summed E-state index contributed by atoms with van der Waals surface area (Å²) in [6.45, 7) is 2.66. The number of benzene rings is 2. The van der Waals surface area contributed by atoms with Gasteiger partial charge in [0.1, 0.15) is 6.04 Å². The zero-order chi connectivity index (χ0) is 23.5. The molecule has 2 aromatic carbocycles. The van der Waals surface area contributed by atoms with E-state index in [1.807, 2.05) is 19.2 Å². The average Bonchev–Trinajstić information content (AvgIpc) is 2.76. The van der Waals surface area contributed by atoms with E-state index in [0.717, 1.165) is 5.56 Å². The molecule has 0 radical (unpaired) electrons. The highest BCUT2D eigenvalue weighted by Crippen LogP contribution is 2.21. The van der Waals surface area contributed by atoms with Gasteiger partial charge in [0.2, 0.25) is 5.91 Å². The van der Waals surface area contributed by atoms with Crippen molar-refractivity contribution in [2.75, 3.05) is 37.6 Å². The minimum atomic E-state index is -0.716. The lowest BCUT2D eigenvalue weighted by atomic mass is 10.1. The topological polar surface area (TPSA) is 96.5 Å². The van der Waals surface area contributed by atoms with Gasteiger partial charge in [-0.05, 0) is 55.7 Å².